The fraction of sp³-hybridized carbons (Fsp3) is 0.692. The van der Waals surface area contributed by atoms with E-state index in [2.05, 4.69) is 34.4 Å². The van der Waals surface area contributed by atoms with Crippen LogP contribution in [-0.2, 0) is 60.5 Å². The van der Waals surface area contributed by atoms with E-state index in [4.69, 9.17) is 25.3 Å². The Hall–Kier alpha value is -2.53. The molecule has 2 aromatic heterocycles. The van der Waals surface area contributed by atoms with Crippen molar-refractivity contribution in [1.82, 2.24) is 30.2 Å². The summed E-state index contributed by atoms with van der Waals surface area (Å²) in [5.74, 6) is -1.73. The van der Waals surface area contributed by atoms with Gasteiger partial charge in [-0.25, -0.2) is 37.1 Å². The molecular weight excluding hydrogens is 885 g/mol. The van der Waals surface area contributed by atoms with Gasteiger partial charge in [-0.2, -0.15) is 4.31 Å². The molecule has 0 bridgehead atoms. The predicted octanol–water partition coefficient (Wildman–Crippen LogP) is -2.57. The monoisotopic (exact) mass is 930 g/mol. The van der Waals surface area contributed by atoms with Gasteiger partial charge in [-0.3, -0.25) is 32.5 Å². The van der Waals surface area contributed by atoms with Crippen LogP contribution in [0.15, 0.2) is 12.7 Å². The highest BCUT2D eigenvalue weighted by atomic mass is 32.2. The number of hydrogen-bond donors (Lipinski definition) is 10. The molecule has 1 fully saturated rings. The number of nitrogens with zero attached hydrogens (tertiary/aromatic N) is 4. The summed E-state index contributed by atoms with van der Waals surface area (Å²) in [5, 5.41) is 25.8. The van der Waals surface area contributed by atoms with Crippen LogP contribution in [-0.4, -0.2) is 149 Å². The summed E-state index contributed by atoms with van der Waals surface area (Å²) in [6, 6.07) is -0.993. The first-order valence-corrected chi connectivity index (χ1v) is 24.2. The maximum absolute atomic E-state index is 12.7. The van der Waals surface area contributed by atoms with Crippen LogP contribution >= 0.6 is 35.2 Å². The smallest absolute Gasteiger partial charge is 0.386 e. The van der Waals surface area contributed by atoms with Crippen molar-refractivity contribution in [3.63, 3.8) is 0 Å². The minimum absolute atomic E-state index is 0.0169. The molecule has 58 heavy (non-hydrogen) atoms. The molecule has 8 atom stereocenters. The molecule has 330 valence electrons. The number of carbonyl (C=O) groups excluding carboxylic acids is 3. The molecule has 2 aromatic rings. The lowest BCUT2D eigenvalue weighted by atomic mass is 9.87. The van der Waals surface area contributed by atoms with Gasteiger partial charge in [0, 0.05) is 36.9 Å². The number of fused-ring (bicyclic) bond motifs is 1. The predicted molar refractivity (Wildman–Crippen MR) is 199 cm³/mol. The van der Waals surface area contributed by atoms with Crippen molar-refractivity contribution in [2.45, 2.75) is 63.4 Å². The van der Waals surface area contributed by atoms with Gasteiger partial charge >= 0.3 is 23.5 Å². The third-order valence-corrected chi connectivity index (χ3v) is 12.9. The summed E-state index contributed by atoms with van der Waals surface area (Å²) < 4.78 is 84.4. The molecule has 0 saturated carbocycles. The van der Waals surface area contributed by atoms with Crippen LogP contribution < -0.4 is 22.1 Å². The summed E-state index contributed by atoms with van der Waals surface area (Å²) >= 11 is 0.809. The van der Waals surface area contributed by atoms with Crippen molar-refractivity contribution in [2.24, 2.45) is 11.1 Å². The lowest BCUT2D eigenvalue weighted by Gasteiger charge is -2.30. The number of ether oxygens (including phenoxy) is 1. The first-order chi connectivity index (χ1) is 26.6. The number of nitrogens with two attached hydrogens (primary N) is 2. The molecule has 32 heteroatoms. The maximum atomic E-state index is 12.7. The first-order valence-electron chi connectivity index (χ1n) is 16.6. The fourth-order valence-electron chi connectivity index (χ4n) is 4.85. The van der Waals surface area contributed by atoms with Crippen molar-refractivity contribution < 1.29 is 88.9 Å². The number of imidazole rings is 1. The first kappa shape index (κ1) is 49.8. The highest BCUT2D eigenvalue weighted by Crippen LogP contribution is 2.61. The van der Waals surface area contributed by atoms with Gasteiger partial charge in [0.15, 0.2) is 17.7 Å². The number of aromatic nitrogens is 4. The molecule has 1 saturated heterocycles. The molecule has 0 aliphatic carbocycles. The number of carbonyl (C=O) groups is 3. The van der Waals surface area contributed by atoms with Crippen molar-refractivity contribution in [3.8, 4) is 0 Å². The number of sulfone groups is 1. The standard InChI is InChI=1S/C26H45N8O19P3S2/c1-26(2,20(37)23(38)30-6-4-16(35)29-7-8-57-25(39)14(27)5-9-58(3,47)48)11-50-56(45,46)53-55(43,44)49-10-15-19(52-54(40,41)42)18(36)24(51-15)34-13-33-17-21(28)31-12-32-22(17)34/h12-15,18-20,24,36-37H,4-11,27H2,1-3H3,(H,29,35)(H,30,38)(H,43,44)(H,45,46)(H2,28,31,32)(H2,40,41,42). The summed E-state index contributed by atoms with van der Waals surface area (Å²) in [6.45, 7) is 0.141. The molecule has 1 aliphatic heterocycles. The number of phosphoric acid groups is 3. The van der Waals surface area contributed by atoms with Crippen molar-refractivity contribution in [3.05, 3.63) is 12.7 Å². The average molecular weight is 931 g/mol. The Bertz CT molecular complexity index is 2040. The quantitative estimate of drug-likeness (QED) is 0.0404. The third kappa shape index (κ3) is 15.5. The highest BCUT2D eigenvalue weighted by Gasteiger charge is 2.50. The Morgan fingerprint density at radius 2 is 1.72 bits per heavy atom. The number of anilines is 1. The van der Waals surface area contributed by atoms with Gasteiger partial charge < -0.3 is 56.6 Å². The summed E-state index contributed by atoms with van der Waals surface area (Å²) in [5.41, 5.74) is 9.86. The molecule has 0 radical (unpaired) electrons. The van der Waals surface area contributed by atoms with Crippen molar-refractivity contribution in [2.75, 3.05) is 49.8 Å². The van der Waals surface area contributed by atoms with Gasteiger partial charge in [-0.05, 0) is 6.42 Å². The molecule has 12 N–H and O–H groups in total. The van der Waals surface area contributed by atoms with Crippen LogP contribution in [0.25, 0.3) is 11.2 Å². The maximum Gasteiger partial charge on any atom is 0.481 e. The van der Waals surface area contributed by atoms with E-state index in [0.717, 1.165) is 35.2 Å². The lowest BCUT2D eigenvalue weighted by molar-refractivity contribution is -0.137. The van der Waals surface area contributed by atoms with E-state index in [-0.39, 0.29) is 54.4 Å². The van der Waals surface area contributed by atoms with Crippen molar-refractivity contribution in [1.29, 1.82) is 0 Å². The fourth-order valence-corrected chi connectivity index (χ4v) is 9.10. The number of hydrogen-bond acceptors (Lipinski definition) is 21. The van der Waals surface area contributed by atoms with Crippen LogP contribution in [0.4, 0.5) is 5.82 Å². The van der Waals surface area contributed by atoms with Crippen LogP contribution in [0, 0.1) is 5.41 Å². The van der Waals surface area contributed by atoms with E-state index in [0.29, 0.717) is 0 Å². The zero-order valence-electron chi connectivity index (χ0n) is 30.9. The van der Waals surface area contributed by atoms with E-state index in [1.165, 1.54) is 13.8 Å². The van der Waals surface area contributed by atoms with Gasteiger partial charge in [0.05, 0.1) is 31.3 Å². The minimum Gasteiger partial charge on any atom is -0.386 e. The van der Waals surface area contributed by atoms with Gasteiger partial charge in [0.25, 0.3) is 0 Å². The van der Waals surface area contributed by atoms with E-state index in [9.17, 15) is 66.3 Å². The Morgan fingerprint density at radius 3 is 2.36 bits per heavy atom. The SMILES string of the molecule is CC(C)(COP(=O)(O)OP(=O)(O)OCC1OC(n2cnc3c(N)ncnc32)C(O)C1OP(=O)(O)O)C(O)C(=O)NCCC(=O)NCCSC(=O)C(N)CCS(C)(=O)=O. The molecule has 3 heterocycles. The van der Waals surface area contributed by atoms with Crippen LogP contribution in [0.1, 0.15) is 32.9 Å². The van der Waals surface area contributed by atoms with E-state index in [1.807, 2.05) is 0 Å². The molecule has 2 amide bonds. The zero-order chi connectivity index (χ0) is 43.9. The van der Waals surface area contributed by atoms with Crippen molar-refractivity contribution >= 4 is 79.0 Å². The van der Waals surface area contributed by atoms with Crippen LogP contribution in [0.2, 0.25) is 0 Å². The number of rotatable bonds is 23. The average Bonchev–Trinajstić information content (AvgIpc) is 3.66. The van der Waals surface area contributed by atoms with Crippen LogP contribution in [0.5, 0.6) is 0 Å². The van der Waals surface area contributed by atoms with E-state index >= 15 is 0 Å². The minimum atomic E-state index is -5.60. The lowest BCUT2D eigenvalue weighted by Crippen LogP contribution is -2.46. The zero-order valence-corrected chi connectivity index (χ0v) is 35.2. The highest BCUT2D eigenvalue weighted by molar-refractivity contribution is 8.13. The molecular formula is C26H45N8O19P3S2. The van der Waals surface area contributed by atoms with Gasteiger partial charge in [-0.15, -0.1) is 0 Å². The normalized spacial score (nSPS) is 22.2. The van der Waals surface area contributed by atoms with Gasteiger partial charge in [0.1, 0.15) is 46.1 Å². The Labute approximate surface area is 334 Å². The largest absolute Gasteiger partial charge is 0.481 e. The van der Waals surface area contributed by atoms with Gasteiger partial charge in [0.2, 0.25) is 16.9 Å². The van der Waals surface area contributed by atoms with Crippen LogP contribution in [0.3, 0.4) is 0 Å². The second-order valence-corrected chi connectivity index (χ2v) is 20.9. The molecule has 0 aromatic carbocycles. The number of thioether (sulfide) groups is 1. The number of aliphatic hydroxyl groups excluding tert-OH is 2. The number of aliphatic hydroxyl groups is 2. The topological polar surface area (TPSA) is 424 Å². The Morgan fingerprint density at radius 1 is 1.07 bits per heavy atom. The summed E-state index contributed by atoms with van der Waals surface area (Å²) in [6.07, 6.45) is -6.17. The van der Waals surface area contributed by atoms with Gasteiger partial charge in [-0.1, -0.05) is 25.6 Å². The second-order valence-electron chi connectivity index (χ2n) is 13.3. The molecule has 27 nitrogen and oxygen atoms in total. The molecule has 8 unspecified atom stereocenters. The Balaban J connectivity index is 1.47. The molecule has 3 rings (SSSR count). The number of nitrogens with one attached hydrogen (secondary N) is 2. The Kier molecular flexibility index (Phi) is 17.5. The number of amides is 2. The number of phosphoric ester groups is 3. The number of nitrogen functional groups attached to an aromatic ring is 1. The third-order valence-electron chi connectivity index (χ3n) is 7.85. The molecule has 1 aliphatic rings. The summed E-state index contributed by atoms with van der Waals surface area (Å²) in [4.78, 5) is 87.6. The molecule has 0 spiro atoms. The van der Waals surface area contributed by atoms with E-state index in [1.54, 1.807) is 0 Å². The van der Waals surface area contributed by atoms with E-state index < -0.39 is 106 Å². The summed E-state index contributed by atoms with van der Waals surface area (Å²) in [7, 11) is -19.8. The second kappa shape index (κ2) is 20.4.